The summed E-state index contributed by atoms with van der Waals surface area (Å²) in [6.07, 6.45) is 1.72. The molecular formula is C10H12N4O. The van der Waals surface area contributed by atoms with Gasteiger partial charge in [0.2, 0.25) is 0 Å². The van der Waals surface area contributed by atoms with Crippen LogP contribution in [0.25, 0.3) is 11.0 Å². The van der Waals surface area contributed by atoms with Gasteiger partial charge in [-0.05, 0) is 31.9 Å². The summed E-state index contributed by atoms with van der Waals surface area (Å²) in [5.41, 5.74) is 8.68. The number of aromatic nitrogens is 3. The molecule has 2 aromatic heterocycles. The van der Waals surface area contributed by atoms with Crippen molar-refractivity contribution in [3.05, 3.63) is 23.0 Å². The summed E-state index contributed by atoms with van der Waals surface area (Å²) in [5, 5.41) is 4.98. The van der Waals surface area contributed by atoms with Gasteiger partial charge in [-0.2, -0.15) is 9.78 Å². The Morgan fingerprint density at radius 3 is 2.67 bits per heavy atom. The molecule has 0 unspecified atom stereocenters. The fourth-order valence-corrected chi connectivity index (χ4v) is 1.68. The summed E-state index contributed by atoms with van der Waals surface area (Å²) >= 11 is 0. The lowest BCUT2D eigenvalue weighted by molar-refractivity contribution is 0.248. The number of amides is 1. The molecule has 78 valence electrons. The molecule has 0 saturated carbocycles. The maximum Gasteiger partial charge on any atom is 0.341 e. The first-order valence-corrected chi connectivity index (χ1v) is 4.63. The summed E-state index contributed by atoms with van der Waals surface area (Å²) in [6, 6.07) is -0.608. The minimum Gasteiger partial charge on any atom is -0.350 e. The molecule has 2 N–H and O–H groups in total. The first-order valence-electron chi connectivity index (χ1n) is 4.63. The maximum atomic E-state index is 11.1. The molecule has 2 rings (SSSR count). The summed E-state index contributed by atoms with van der Waals surface area (Å²) in [7, 11) is 0. The predicted octanol–water partition coefficient (Wildman–Crippen LogP) is 1.28. The Morgan fingerprint density at radius 1 is 1.40 bits per heavy atom. The highest BCUT2D eigenvalue weighted by Crippen LogP contribution is 2.21. The van der Waals surface area contributed by atoms with Crippen LogP contribution in [0.15, 0.2) is 6.20 Å². The SMILES string of the molecule is Cc1cnc2c(c(C)nn2C(N)=O)c1C. The molecule has 0 bridgehead atoms. The van der Waals surface area contributed by atoms with Gasteiger partial charge in [-0.1, -0.05) is 0 Å². The van der Waals surface area contributed by atoms with E-state index in [1.807, 2.05) is 20.8 Å². The second-order valence-electron chi connectivity index (χ2n) is 3.60. The minimum absolute atomic E-state index is 0.531. The first-order chi connectivity index (χ1) is 7.02. The number of nitrogens with zero attached hydrogens (tertiary/aromatic N) is 3. The van der Waals surface area contributed by atoms with Crippen LogP contribution in [0.1, 0.15) is 16.8 Å². The van der Waals surface area contributed by atoms with Crippen molar-refractivity contribution in [1.29, 1.82) is 0 Å². The molecule has 0 spiro atoms. The standard InChI is InChI=1S/C10H12N4O/c1-5-4-12-9-8(6(5)2)7(3)13-14(9)10(11)15/h4H,1-3H3,(H2,11,15). The lowest BCUT2D eigenvalue weighted by Crippen LogP contribution is -2.21. The predicted molar refractivity (Wildman–Crippen MR) is 56.7 cm³/mol. The average Bonchev–Trinajstić information content (AvgIpc) is 2.50. The molecule has 5 heteroatoms. The summed E-state index contributed by atoms with van der Waals surface area (Å²) in [6.45, 7) is 5.80. The van der Waals surface area contributed by atoms with Crippen LogP contribution < -0.4 is 5.73 Å². The zero-order chi connectivity index (χ0) is 11.2. The Labute approximate surface area is 86.9 Å². The molecule has 0 radical (unpaired) electrons. The number of aryl methyl sites for hydroxylation is 3. The van der Waals surface area contributed by atoms with Gasteiger partial charge in [0, 0.05) is 11.6 Å². The third-order valence-corrected chi connectivity index (χ3v) is 2.59. The number of hydrogen-bond donors (Lipinski definition) is 1. The maximum absolute atomic E-state index is 11.1. The van der Waals surface area contributed by atoms with Crippen molar-refractivity contribution >= 4 is 17.1 Å². The Kier molecular flexibility index (Phi) is 1.96. The summed E-state index contributed by atoms with van der Waals surface area (Å²) in [4.78, 5) is 15.3. The van der Waals surface area contributed by atoms with Crippen molar-refractivity contribution in [2.45, 2.75) is 20.8 Å². The molecule has 2 heterocycles. The van der Waals surface area contributed by atoms with Crippen LogP contribution in [0, 0.1) is 20.8 Å². The van der Waals surface area contributed by atoms with Crippen molar-refractivity contribution in [3.63, 3.8) is 0 Å². The van der Waals surface area contributed by atoms with Gasteiger partial charge in [-0.3, -0.25) is 0 Å². The second kappa shape index (κ2) is 3.05. The first kappa shape index (κ1) is 9.64. The van der Waals surface area contributed by atoms with Crippen molar-refractivity contribution in [2.75, 3.05) is 0 Å². The Hall–Kier alpha value is -1.91. The quantitative estimate of drug-likeness (QED) is 0.702. The molecule has 0 aromatic carbocycles. The van der Waals surface area contributed by atoms with E-state index in [2.05, 4.69) is 10.1 Å². The van der Waals surface area contributed by atoms with Gasteiger partial charge in [0.1, 0.15) is 0 Å². The van der Waals surface area contributed by atoms with Crippen LogP contribution in [0.2, 0.25) is 0 Å². The van der Waals surface area contributed by atoms with Gasteiger partial charge in [-0.25, -0.2) is 9.78 Å². The van der Waals surface area contributed by atoms with E-state index in [0.717, 1.165) is 26.9 Å². The van der Waals surface area contributed by atoms with E-state index in [1.54, 1.807) is 6.20 Å². The highest BCUT2D eigenvalue weighted by atomic mass is 16.2. The summed E-state index contributed by atoms with van der Waals surface area (Å²) < 4.78 is 1.14. The van der Waals surface area contributed by atoms with Gasteiger partial charge in [0.25, 0.3) is 0 Å². The van der Waals surface area contributed by atoms with Crippen LogP contribution >= 0.6 is 0 Å². The van der Waals surface area contributed by atoms with E-state index in [-0.39, 0.29) is 0 Å². The highest BCUT2D eigenvalue weighted by molar-refractivity contribution is 5.90. The molecular weight excluding hydrogens is 192 g/mol. The fraction of sp³-hybridized carbons (Fsp3) is 0.300. The molecule has 0 aliphatic carbocycles. The van der Waals surface area contributed by atoms with E-state index in [9.17, 15) is 4.79 Å². The van der Waals surface area contributed by atoms with Crippen molar-refractivity contribution in [3.8, 4) is 0 Å². The molecule has 1 amide bonds. The number of rotatable bonds is 0. The Bertz CT molecular complexity index is 556. The fourth-order valence-electron chi connectivity index (χ4n) is 1.68. The van der Waals surface area contributed by atoms with Crippen molar-refractivity contribution in [2.24, 2.45) is 5.73 Å². The number of fused-ring (bicyclic) bond motifs is 1. The van der Waals surface area contributed by atoms with Gasteiger partial charge in [0.15, 0.2) is 5.65 Å². The molecule has 0 aliphatic heterocycles. The topological polar surface area (TPSA) is 73.8 Å². The van der Waals surface area contributed by atoms with E-state index < -0.39 is 6.03 Å². The minimum atomic E-state index is -0.608. The number of carbonyl (C=O) groups is 1. The monoisotopic (exact) mass is 204 g/mol. The van der Waals surface area contributed by atoms with Crippen LogP contribution in [-0.2, 0) is 0 Å². The molecule has 0 aliphatic rings. The van der Waals surface area contributed by atoms with Crippen molar-refractivity contribution in [1.82, 2.24) is 14.8 Å². The lowest BCUT2D eigenvalue weighted by Gasteiger charge is -2.01. The summed E-state index contributed by atoms with van der Waals surface area (Å²) in [5.74, 6) is 0. The molecule has 0 atom stereocenters. The highest BCUT2D eigenvalue weighted by Gasteiger charge is 2.14. The number of pyridine rings is 1. The third-order valence-electron chi connectivity index (χ3n) is 2.59. The molecule has 15 heavy (non-hydrogen) atoms. The van der Waals surface area contributed by atoms with Crippen LogP contribution in [0.4, 0.5) is 4.79 Å². The number of hydrogen-bond acceptors (Lipinski definition) is 3. The van der Waals surface area contributed by atoms with Gasteiger partial charge in [0.05, 0.1) is 5.69 Å². The average molecular weight is 204 g/mol. The van der Waals surface area contributed by atoms with Crippen molar-refractivity contribution < 1.29 is 4.79 Å². The number of carbonyl (C=O) groups excluding carboxylic acids is 1. The second-order valence-corrected chi connectivity index (χ2v) is 3.60. The van der Waals surface area contributed by atoms with E-state index in [1.165, 1.54) is 0 Å². The number of nitrogens with two attached hydrogens (primary N) is 1. The normalized spacial score (nSPS) is 10.9. The lowest BCUT2D eigenvalue weighted by atomic mass is 10.1. The third kappa shape index (κ3) is 1.27. The molecule has 5 nitrogen and oxygen atoms in total. The van der Waals surface area contributed by atoms with E-state index in [4.69, 9.17) is 5.73 Å². The van der Waals surface area contributed by atoms with Gasteiger partial charge in [-0.15, -0.1) is 0 Å². The van der Waals surface area contributed by atoms with E-state index >= 15 is 0 Å². The van der Waals surface area contributed by atoms with Gasteiger partial charge >= 0.3 is 6.03 Å². The zero-order valence-electron chi connectivity index (χ0n) is 8.90. The largest absolute Gasteiger partial charge is 0.350 e. The van der Waals surface area contributed by atoms with Crippen LogP contribution in [-0.4, -0.2) is 20.8 Å². The molecule has 0 fully saturated rings. The Morgan fingerprint density at radius 2 is 2.07 bits per heavy atom. The van der Waals surface area contributed by atoms with Crippen LogP contribution in [0.5, 0.6) is 0 Å². The smallest absolute Gasteiger partial charge is 0.341 e. The molecule has 0 saturated heterocycles. The van der Waals surface area contributed by atoms with E-state index in [0.29, 0.717) is 5.65 Å². The molecule has 2 aromatic rings. The number of primary amides is 1. The zero-order valence-corrected chi connectivity index (χ0v) is 8.90. The van der Waals surface area contributed by atoms with Gasteiger partial charge < -0.3 is 5.73 Å². The van der Waals surface area contributed by atoms with Crippen LogP contribution in [0.3, 0.4) is 0 Å². The Balaban J connectivity index is 2.92.